The van der Waals surface area contributed by atoms with Gasteiger partial charge in [-0.3, -0.25) is 11.3 Å². The summed E-state index contributed by atoms with van der Waals surface area (Å²) in [5.74, 6) is 6.49. The number of ether oxygens (including phenoxy) is 1. The SMILES string of the molecule is CCCOCCC(CCC1CC1)NN. The highest BCUT2D eigenvalue weighted by molar-refractivity contribution is 4.75. The van der Waals surface area contributed by atoms with Crippen LogP contribution in [0.25, 0.3) is 0 Å². The maximum atomic E-state index is 5.49. The minimum atomic E-state index is 0.451. The molecule has 1 fully saturated rings. The van der Waals surface area contributed by atoms with E-state index in [-0.39, 0.29) is 0 Å². The number of rotatable bonds is 9. The highest BCUT2D eigenvalue weighted by atomic mass is 16.5. The molecule has 0 aromatic rings. The molecule has 0 aromatic heterocycles. The minimum absolute atomic E-state index is 0.451. The molecule has 0 bridgehead atoms. The molecule has 0 spiro atoms. The zero-order chi connectivity index (χ0) is 10.2. The van der Waals surface area contributed by atoms with Gasteiger partial charge in [0.15, 0.2) is 0 Å². The summed E-state index contributed by atoms with van der Waals surface area (Å²) in [6.45, 7) is 3.85. The molecule has 0 amide bonds. The molecule has 1 aliphatic carbocycles. The molecular weight excluding hydrogens is 176 g/mol. The zero-order valence-electron chi connectivity index (χ0n) is 9.30. The van der Waals surface area contributed by atoms with Crippen molar-refractivity contribution in [1.29, 1.82) is 0 Å². The van der Waals surface area contributed by atoms with Crippen LogP contribution in [0.15, 0.2) is 0 Å². The summed E-state index contributed by atoms with van der Waals surface area (Å²) in [7, 11) is 0. The molecule has 0 aliphatic heterocycles. The number of hydrazine groups is 1. The molecule has 0 saturated heterocycles. The monoisotopic (exact) mass is 200 g/mol. The summed E-state index contributed by atoms with van der Waals surface area (Å²) in [5, 5.41) is 0. The first-order chi connectivity index (χ1) is 6.86. The van der Waals surface area contributed by atoms with Crippen molar-refractivity contribution >= 4 is 0 Å². The fourth-order valence-electron chi connectivity index (χ4n) is 1.63. The van der Waals surface area contributed by atoms with E-state index in [2.05, 4.69) is 12.3 Å². The predicted octanol–water partition coefficient (Wildman–Crippen LogP) is 1.83. The third kappa shape index (κ3) is 5.58. The fraction of sp³-hybridized carbons (Fsp3) is 1.00. The van der Waals surface area contributed by atoms with Gasteiger partial charge in [0.05, 0.1) is 0 Å². The molecule has 84 valence electrons. The van der Waals surface area contributed by atoms with Gasteiger partial charge in [-0.05, 0) is 31.6 Å². The van der Waals surface area contributed by atoms with Crippen molar-refractivity contribution in [2.75, 3.05) is 13.2 Å². The Bertz CT molecular complexity index is 137. The van der Waals surface area contributed by atoms with Crippen molar-refractivity contribution in [3.8, 4) is 0 Å². The Hall–Kier alpha value is -0.120. The quantitative estimate of drug-likeness (QED) is 0.339. The van der Waals surface area contributed by atoms with Crippen LogP contribution < -0.4 is 11.3 Å². The van der Waals surface area contributed by atoms with Crippen molar-refractivity contribution in [3.63, 3.8) is 0 Å². The Morgan fingerprint density at radius 3 is 2.71 bits per heavy atom. The van der Waals surface area contributed by atoms with Crippen LogP contribution in [0.5, 0.6) is 0 Å². The van der Waals surface area contributed by atoms with Crippen molar-refractivity contribution in [2.45, 2.75) is 51.5 Å². The van der Waals surface area contributed by atoms with Gasteiger partial charge in [-0.15, -0.1) is 0 Å². The van der Waals surface area contributed by atoms with Crippen LogP contribution in [0, 0.1) is 5.92 Å². The molecule has 3 nitrogen and oxygen atoms in total. The summed E-state index contributed by atoms with van der Waals surface area (Å²) in [6, 6.07) is 0.451. The molecule has 14 heavy (non-hydrogen) atoms. The predicted molar refractivity (Wildman–Crippen MR) is 58.8 cm³/mol. The number of nitrogens with two attached hydrogens (primary N) is 1. The second kappa shape index (κ2) is 7.21. The molecular formula is C11H24N2O. The van der Waals surface area contributed by atoms with Crippen molar-refractivity contribution in [1.82, 2.24) is 5.43 Å². The van der Waals surface area contributed by atoms with Gasteiger partial charge in [0.1, 0.15) is 0 Å². The van der Waals surface area contributed by atoms with Crippen LogP contribution >= 0.6 is 0 Å². The third-order valence-electron chi connectivity index (χ3n) is 2.82. The summed E-state index contributed by atoms with van der Waals surface area (Å²) >= 11 is 0. The van der Waals surface area contributed by atoms with Crippen LogP contribution in [0.4, 0.5) is 0 Å². The van der Waals surface area contributed by atoms with Gasteiger partial charge in [0, 0.05) is 19.3 Å². The molecule has 0 aromatic carbocycles. The largest absolute Gasteiger partial charge is 0.381 e. The van der Waals surface area contributed by atoms with E-state index in [0.717, 1.165) is 32.0 Å². The van der Waals surface area contributed by atoms with E-state index < -0.39 is 0 Å². The average Bonchev–Trinajstić information content (AvgIpc) is 3.01. The molecule has 1 saturated carbocycles. The van der Waals surface area contributed by atoms with Gasteiger partial charge in [-0.1, -0.05) is 19.8 Å². The first kappa shape index (κ1) is 12.0. The molecule has 0 radical (unpaired) electrons. The lowest BCUT2D eigenvalue weighted by atomic mass is 10.1. The van der Waals surface area contributed by atoms with Crippen LogP contribution in [-0.2, 0) is 4.74 Å². The first-order valence-electron chi connectivity index (χ1n) is 5.90. The summed E-state index contributed by atoms with van der Waals surface area (Å²) in [6.07, 6.45) is 7.55. The average molecular weight is 200 g/mol. The molecule has 1 rings (SSSR count). The van der Waals surface area contributed by atoms with Crippen LogP contribution in [0.3, 0.4) is 0 Å². The number of nitrogens with one attached hydrogen (secondary N) is 1. The van der Waals surface area contributed by atoms with Gasteiger partial charge < -0.3 is 4.74 Å². The molecule has 0 heterocycles. The van der Waals surface area contributed by atoms with E-state index in [1.165, 1.54) is 25.7 Å². The Labute approximate surface area is 87.4 Å². The Morgan fingerprint density at radius 2 is 2.14 bits per heavy atom. The number of hydrogen-bond acceptors (Lipinski definition) is 3. The van der Waals surface area contributed by atoms with Crippen LogP contribution in [0.2, 0.25) is 0 Å². The minimum Gasteiger partial charge on any atom is -0.381 e. The van der Waals surface area contributed by atoms with Crippen LogP contribution in [0.1, 0.15) is 45.4 Å². The van der Waals surface area contributed by atoms with Gasteiger partial charge in [0.25, 0.3) is 0 Å². The van der Waals surface area contributed by atoms with Crippen molar-refractivity contribution in [3.05, 3.63) is 0 Å². The fourth-order valence-corrected chi connectivity index (χ4v) is 1.63. The van der Waals surface area contributed by atoms with E-state index >= 15 is 0 Å². The standard InChI is InChI=1S/C11H24N2O/c1-2-8-14-9-7-11(13-12)6-5-10-3-4-10/h10-11,13H,2-9,12H2,1H3. The molecule has 1 unspecified atom stereocenters. The smallest absolute Gasteiger partial charge is 0.0481 e. The Balaban J connectivity index is 1.93. The zero-order valence-corrected chi connectivity index (χ0v) is 9.30. The van der Waals surface area contributed by atoms with Gasteiger partial charge in [-0.25, -0.2) is 0 Å². The lowest BCUT2D eigenvalue weighted by molar-refractivity contribution is 0.123. The van der Waals surface area contributed by atoms with Gasteiger partial charge in [-0.2, -0.15) is 0 Å². The van der Waals surface area contributed by atoms with Gasteiger partial charge >= 0.3 is 0 Å². The maximum Gasteiger partial charge on any atom is 0.0481 e. The molecule has 1 aliphatic rings. The first-order valence-corrected chi connectivity index (χ1v) is 5.90. The third-order valence-corrected chi connectivity index (χ3v) is 2.82. The second-order valence-electron chi connectivity index (χ2n) is 4.29. The molecule has 3 N–H and O–H groups in total. The Morgan fingerprint density at radius 1 is 1.36 bits per heavy atom. The van der Waals surface area contributed by atoms with E-state index in [1.54, 1.807) is 0 Å². The topological polar surface area (TPSA) is 47.3 Å². The normalized spacial score (nSPS) is 18.4. The van der Waals surface area contributed by atoms with Crippen LogP contribution in [-0.4, -0.2) is 19.3 Å². The van der Waals surface area contributed by atoms with Crippen molar-refractivity contribution < 1.29 is 4.74 Å². The van der Waals surface area contributed by atoms with E-state index in [1.807, 2.05) is 0 Å². The summed E-state index contributed by atoms with van der Waals surface area (Å²) in [4.78, 5) is 0. The van der Waals surface area contributed by atoms with E-state index in [4.69, 9.17) is 10.6 Å². The number of hydrogen-bond donors (Lipinski definition) is 2. The van der Waals surface area contributed by atoms with Crippen molar-refractivity contribution in [2.24, 2.45) is 11.8 Å². The lowest BCUT2D eigenvalue weighted by Crippen LogP contribution is -2.36. The summed E-state index contributed by atoms with van der Waals surface area (Å²) in [5.41, 5.74) is 2.88. The van der Waals surface area contributed by atoms with Gasteiger partial charge in [0.2, 0.25) is 0 Å². The summed E-state index contributed by atoms with van der Waals surface area (Å²) < 4.78 is 5.44. The van der Waals surface area contributed by atoms with E-state index in [0.29, 0.717) is 6.04 Å². The second-order valence-corrected chi connectivity index (χ2v) is 4.29. The van der Waals surface area contributed by atoms with E-state index in [9.17, 15) is 0 Å². The lowest BCUT2D eigenvalue weighted by Gasteiger charge is -2.15. The molecule has 1 atom stereocenters. The highest BCUT2D eigenvalue weighted by Crippen LogP contribution is 2.33. The maximum absolute atomic E-state index is 5.49. The highest BCUT2D eigenvalue weighted by Gasteiger charge is 2.22. The Kier molecular flexibility index (Phi) is 6.15. The molecule has 3 heteroatoms.